The molecule has 0 aliphatic heterocycles. The Balaban J connectivity index is 2.00. The second kappa shape index (κ2) is 5.99. The Hall–Kier alpha value is -0.120. The molecule has 1 rings (SSSR count). The van der Waals surface area contributed by atoms with Crippen LogP contribution in [0.4, 0.5) is 0 Å². The molecule has 0 amide bonds. The van der Waals surface area contributed by atoms with Crippen LogP contribution in [0.5, 0.6) is 0 Å². The van der Waals surface area contributed by atoms with Gasteiger partial charge in [-0.2, -0.15) is 0 Å². The van der Waals surface area contributed by atoms with Crippen molar-refractivity contribution in [2.75, 3.05) is 6.54 Å². The van der Waals surface area contributed by atoms with Gasteiger partial charge >= 0.3 is 0 Å². The number of aliphatic hydroxyl groups is 1. The van der Waals surface area contributed by atoms with Crippen molar-refractivity contribution in [3.63, 3.8) is 0 Å². The maximum atomic E-state index is 9.40. The molecule has 0 aromatic rings. The van der Waals surface area contributed by atoms with Crippen molar-refractivity contribution in [2.45, 2.75) is 77.2 Å². The lowest BCUT2D eigenvalue weighted by Gasteiger charge is -2.39. The van der Waals surface area contributed by atoms with Gasteiger partial charge in [-0.25, -0.2) is 0 Å². The lowest BCUT2D eigenvalue weighted by Crippen LogP contribution is -2.48. The first kappa shape index (κ1) is 13.9. The Kier molecular flexibility index (Phi) is 5.22. The van der Waals surface area contributed by atoms with E-state index in [4.69, 9.17) is 4.74 Å². The summed E-state index contributed by atoms with van der Waals surface area (Å²) in [6, 6.07) is 0.594. The van der Waals surface area contributed by atoms with Crippen molar-refractivity contribution in [1.29, 1.82) is 0 Å². The summed E-state index contributed by atoms with van der Waals surface area (Å²) in [5.74, 6) is 0. The smallest absolute Gasteiger partial charge is 0.0612 e. The van der Waals surface area contributed by atoms with E-state index in [0.29, 0.717) is 12.1 Å². The zero-order valence-corrected chi connectivity index (χ0v) is 11.1. The van der Waals surface area contributed by atoms with Crippen molar-refractivity contribution in [1.82, 2.24) is 5.32 Å². The Morgan fingerprint density at radius 1 is 1.38 bits per heavy atom. The predicted molar refractivity (Wildman–Crippen MR) is 66.6 cm³/mol. The molecule has 0 saturated heterocycles. The van der Waals surface area contributed by atoms with E-state index in [2.05, 4.69) is 26.1 Å². The zero-order valence-electron chi connectivity index (χ0n) is 11.1. The van der Waals surface area contributed by atoms with Gasteiger partial charge in [0.15, 0.2) is 0 Å². The monoisotopic (exact) mass is 229 g/mol. The van der Waals surface area contributed by atoms with E-state index in [0.717, 1.165) is 32.2 Å². The molecule has 0 aromatic heterocycles. The molecule has 96 valence electrons. The topological polar surface area (TPSA) is 41.5 Å². The fourth-order valence-corrected chi connectivity index (χ4v) is 1.99. The van der Waals surface area contributed by atoms with Crippen molar-refractivity contribution >= 4 is 0 Å². The third-order valence-electron chi connectivity index (χ3n) is 3.00. The molecule has 0 bridgehead atoms. The maximum absolute atomic E-state index is 9.40. The molecule has 0 aromatic carbocycles. The van der Waals surface area contributed by atoms with Gasteiger partial charge in [-0.3, -0.25) is 0 Å². The molecule has 16 heavy (non-hydrogen) atoms. The molecule has 3 nitrogen and oxygen atoms in total. The Labute approximate surface area is 99.6 Å². The van der Waals surface area contributed by atoms with Gasteiger partial charge in [-0.15, -0.1) is 0 Å². The summed E-state index contributed by atoms with van der Waals surface area (Å²) in [5, 5.41) is 12.9. The summed E-state index contributed by atoms with van der Waals surface area (Å²) in [6.07, 6.45) is 4.21. The van der Waals surface area contributed by atoms with E-state index in [-0.39, 0.29) is 11.7 Å². The number of hydrogen-bond acceptors (Lipinski definition) is 3. The lowest BCUT2D eigenvalue weighted by molar-refractivity contribution is -0.102. The quantitative estimate of drug-likeness (QED) is 0.733. The minimum Gasteiger partial charge on any atom is -0.393 e. The van der Waals surface area contributed by atoms with Crippen molar-refractivity contribution in [2.24, 2.45) is 0 Å². The van der Waals surface area contributed by atoms with Crippen molar-refractivity contribution in [3.8, 4) is 0 Å². The molecule has 1 aliphatic rings. The highest BCUT2D eigenvalue weighted by Gasteiger charge is 2.32. The predicted octanol–water partition coefficient (Wildman–Crippen LogP) is 2.08. The van der Waals surface area contributed by atoms with Crippen LogP contribution in [0.1, 0.15) is 53.4 Å². The van der Waals surface area contributed by atoms with Crippen LogP contribution in [0.25, 0.3) is 0 Å². The van der Waals surface area contributed by atoms with Crippen LogP contribution in [-0.4, -0.2) is 35.5 Å². The summed E-state index contributed by atoms with van der Waals surface area (Å²) < 4.78 is 5.86. The molecule has 0 heterocycles. The van der Waals surface area contributed by atoms with E-state index < -0.39 is 0 Å². The third-order valence-corrected chi connectivity index (χ3v) is 3.00. The van der Waals surface area contributed by atoms with E-state index in [9.17, 15) is 5.11 Å². The maximum Gasteiger partial charge on any atom is 0.0612 e. The molecule has 1 atom stereocenters. The highest BCUT2D eigenvalue weighted by atomic mass is 16.5. The first-order valence-corrected chi connectivity index (χ1v) is 6.50. The Morgan fingerprint density at radius 2 is 2.00 bits per heavy atom. The minimum absolute atomic E-state index is 0.0198. The van der Waals surface area contributed by atoms with E-state index in [1.807, 2.05) is 6.92 Å². The number of nitrogens with one attached hydrogen (secondary N) is 1. The van der Waals surface area contributed by atoms with Gasteiger partial charge in [0.2, 0.25) is 0 Å². The molecule has 1 aliphatic carbocycles. The lowest BCUT2D eigenvalue weighted by atomic mass is 9.88. The van der Waals surface area contributed by atoms with Gasteiger partial charge in [-0.1, -0.05) is 6.92 Å². The number of hydrogen-bond donors (Lipinski definition) is 2. The summed E-state index contributed by atoms with van der Waals surface area (Å²) in [6.45, 7) is 9.24. The highest BCUT2D eigenvalue weighted by molar-refractivity contribution is 4.87. The molecule has 3 heteroatoms. The van der Waals surface area contributed by atoms with Crippen LogP contribution >= 0.6 is 0 Å². The zero-order chi connectivity index (χ0) is 12.2. The van der Waals surface area contributed by atoms with Crippen LogP contribution in [-0.2, 0) is 4.74 Å². The van der Waals surface area contributed by atoms with Gasteiger partial charge in [-0.05, 0) is 53.0 Å². The molecule has 2 N–H and O–H groups in total. The summed E-state index contributed by atoms with van der Waals surface area (Å²) in [7, 11) is 0. The SMILES string of the molecule is CCC(O)CCNC1CC(OC(C)(C)C)C1. The Bertz CT molecular complexity index is 195. The Morgan fingerprint density at radius 3 is 2.50 bits per heavy atom. The van der Waals surface area contributed by atoms with Crippen LogP contribution < -0.4 is 5.32 Å². The van der Waals surface area contributed by atoms with Gasteiger partial charge in [0.1, 0.15) is 0 Å². The molecule has 0 spiro atoms. The minimum atomic E-state index is -0.144. The number of ether oxygens (including phenoxy) is 1. The molecular weight excluding hydrogens is 202 g/mol. The largest absolute Gasteiger partial charge is 0.393 e. The fourth-order valence-electron chi connectivity index (χ4n) is 1.99. The van der Waals surface area contributed by atoms with Gasteiger partial charge in [0, 0.05) is 6.04 Å². The average molecular weight is 229 g/mol. The van der Waals surface area contributed by atoms with Crippen LogP contribution in [0.2, 0.25) is 0 Å². The summed E-state index contributed by atoms with van der Waals surface area (Å²) in [5.41, 5.74) is -0.0198. The molecule has 1 saturated carbocycles. The number of rotatable bonds is 6. The fraction of sp³-hybridized carbons (Fsp3) is 1.00. The summed E-state index contributed by atoms with van der Waals surface area (Å²) >= 11 is 0. The second-order valence-electron chi connectivity index (χ2n) is 5.83. The summed E-state index contributed by atoms with van der Waals surface area (Å²) in [4.78, 5) is 0. The normalized spacial score (nSPS) is 27.6. The molecule has 0 radical (unpaired) electrons. The number of aliphatic hydroxyl groups excluding tert-OH is 1. The van der Waals surface area contributed by atoms with E-state index in [1.54, 1.807) is 0 Å². The average Bonchev–Trinajstić information content (AvgIpc) is 2.11. The van der Waals surface area contributed by atoms with E-state index in [1.165, 1.54) is 0 Å². The standard InChI is InChI=1S/C13H27NO2/c1-5-11(15)6-7-14-10-8-12(9-10)16-13(2,3)4/h10-12,14-15H,5-9H2,1-4H3. The van der Waals surface area contributed by atoms with E-state index >= 15 is 0 Å². The first-order valence-electron chi connectivity index (χ1n) is 6.50. The molecule has 1 unspecified atom stereocenters. The molecular formula is C13H27NO2. The van der Waals surface area contributed by atoms with Crippen molar-refractivity contribution in [3.05, 3.63) is 0 Å². The van der Waals surface area contributed by atoms with Gasteiger partial charge in [0.25, 0.3) is 0 Å². The van der Waals surface area contributed by atoms with Gasteiger partial charge < -0.3 is 15.2 Å². The highest BCUT2D eigenvalue weighted by Crippen LogP contribution is 2.27. The van der Waals surface area contributed by atoms with Crippen LogP contribution in [0.15, 0.2) is 0 Å². The first-order chi connectivity index (χ1) is 7.40. The van der Waals surface area contributed by atoms with Crippen molar-refractivity contribution < 1.29 is 9.84 Å². The van der Waals surface area contributed by atoms with Crippen LogP contribution in [0.3, 0.4) is 0 Å². The second-order valence-corrected chi connectivity index (χ2v) is 5.83. The third kappa shape index (κ3) is 5.28. The molecule has 1 fully saturated rings. The van der Waals surface area contributed by atoms with Gasteiger partial charge in [0.05, 0.1) is 17.8 Å². The van der Waals surface area contributed by atoms with Crippen LogP contribution in [0, 0.1) is 0 Å².